The fourth-order valence-corrected chi connectivity index (χ4v) is 2.76. The summed E-state index contributed by atoms with van der Waals surface area (Å²) >= 11 is 0. The van der Waals surface area contributed by atoms with Gasteiger partial charge in [-0.3, -0.25) is 4.79 Å². The zero-order valence-electron chi connectivity index (χ0n) is 8.16. The van der Waals surface area contributed by atoms with Crippen LogP contribution in [0, 0.1) is 5.82 Å². The third-order valence-electron chi connectivity index (χ3n) is 3.71. The van der Waals surface area contributed by atoms with Crippen LogP contribution in [0.25, 0.3) is 0 Å². The molecule has 3 rings (SSSR count). The van der Waals surface area contributed by atoms with Crippen LogP contribution in [0.5, 0.6) is 0 Å². The van der Waals surface area contributed by atoms with Gasteiger partial charge in [-0.2, -0.15) is 0 Å². The molecule has 1 atom stereocenters. The maximum atomic E-state index is 13.1. The lowest BCUT2D eigenvalue weighted by atomic mass is 9.98. The van der Waals surface area contributed by atoms with Crippen LogP contribution in [0.15, 0.2) is 18.2 Å². The molecular formula is C12H11FO2. The summed E-state index contributed by atoms with van der Waals surface area (Å²) in [5.41, 5.74) is 1.84. The van der Waals surface area contributed by atoms with Crippen LogP contribution >= 0.6 is 0 Å². The minimum atomic E-state index is -0.828. The van der Waals surface area contributed by atoms with Crippen LogP contribution in [0.3, 0.4) is 0 Å². The van der Waals surface area contributed by atoms with Gasteiger partial charge in [0.05, 0.1) is 5.92 Å². The van der Waals surface area contributed by atoms with Crippen molar-refractivity contribution in [3.8, 4) is 0 Å². The van der Waals surface area contributed by atoms with Gasteiger partial charge in [0.25, 0.3) is 0 Å². The Balaban J connectivity index is 2.16. The van der Waals surface area contributed by atoms with Crippen molar-refractivity contribution >= 4 is 5.97 Å². The van der Waals surface area contributed by atoms with Crippen LogP contribution in [0.2, 0.25) is 0 Å². The van der Waals surface area contributed by atoms with Crippen molar-refractivity contribution in [1.29, 1.82) is 0 Å². The molecule has 0 radical (unpaired) electrons. The van der Waals surface area contributed by atoms with E-state index in [-0.39, 0.29) is 11.2 Å². The van der Waals surface area contributed by atoms with Crippen LogP contribution in [-0.2, 0) is 10.2 Å². The Morgan fingerprint density at radius 3 is 2.80 bits per heavy atom. The van der Waals surface area contributed by atoms with E-state index < -0.39 is 11.9 Å². The molecule has 0 amide bonds. The highest BCUT2D eigenvalue weighted by molar-refractivity contribution is 5.79. The second-order valence-corrected chi connectivity index (χ2v) is 4.61. The van der Waals surface area contributed by atoms with Gasteiger partial charge in [0.1, 0.15) is 5.82 Å². The van der Waals surface area contributed by atoms with E-state index in [1.807, 2.05) is 0 Å². The number of carboxylic acid groups (broad SMARTS) is 1. The number of aliphatic carboxylic acids is 1. The molecule has 15 heavy (non-hydrogen) atoms. The monoisotopic (exact) mass is 206 g/mol. The van der Waals surface area contributed by atoms with Crippen molar-refractivity contribution in [3.05, 3.63) is 35.1 Å². The summed E-state index contributed by atoms with van der Waals surface area (Å²) in [5.74, 6) is -1.67. The number of carboxylic acids is 1. The minimum absolute atomic E-state index is 0.0755. The van der Waals surface area contributed by atoms with Gasteiger partial charge in [-0.1, -0.05) is 6.07 Å². The van der Waals surface area contributed by atoms with Crippen molar-refractivity contribution in [2.24, 2.45) is 0 Å². The summed E-state index contributed by atoms with van der Waals surface area (Å²) < 4.78 is 13.1. The lowest BCUT2D eigenvalue weighted by Gasteiger charge is -2.06. The number of rotatable bonds is 1. The first-order chi connectivity index (χ1) is 7.12. The Morgan fingerprint density at radius 2 is 2.20 bits per heavy atom. The van der Waals surface area contributed by atoms with E-state index in [4.69, 9.17) is 5.11 Å². The standard InChI is InChI=1S/C12H11FO2/c13-7-1-2-10-8(5-7)9(11(14)15)6-12(10)3-4-12/h1-2,5,9H,3-4,6H2,(H,14,15). The van der Waals surface area contributed by atoms with Gasteiger partial charge in [-0.25, -0.2) is 4.39 Å². The zero-order chi connectivity index (χ0) is 10.6. The number of fused-ring (bicyclic) bond motifs is 2. The van der Waals surface area contributed by atoms with Gasteiger partial charge < -0.3 is 5.11 Å². The molecule has 2 aliphatic carbocycles. The van der Waals surface area contributed by atoms with Crippen molar-refractivity contribution in [1.82, 2.24) is 0 Å². The Morgan fingerprint density at radius 1 is 1.47 bits per heavy atom. The second kappa shape index (κ2) is 2.60. The summed E-state index contributed by atoms with van der Waals surface area (Å²) in [6.07, 6.45) is 2.76. The molecule has 0 aliphatic heterocycles. The highest BCUT2D eigenvalue weighted by atomic mass is 19.1. The molecule has 0 bridgehead atoms. The normalized spacial score (nSPS) is 25.3. The Labute approximate surface area is 86.7 Å². The largest absolute Gasteiger partial charge is 0.481 e. The van der Waals surface area contributed by atoms with Gasteiger partial charge in [0, 0.05) is 0 Å². The number of halogens is 1. The van der Waals surface area contributed by atoms with E-state index in [1.165, 1.54) is 12.1 Å². The first-order valence-corrected chi connectivity index (χ1v) is 5.15. The van der Waals surface area contributed by atoms with Gasteiger partial charge in [0.15, 0.2) is 0 Å². The maximum Gasteiger partial charge on any atom is 0.311 e. The molecule has 1 unspecified atom stereocenters. The van der Waals surface area contributed by atoms with E-state index in [0.29, 0.717) is 12.0 Å². The molecule has 2 aliphatic rings. The van der Waals surface area contributed by atoms with Gasteiger partial charge in [0.2, 0.25) is 0 Å². The molecule has 1 saturated carbocycles. The Bertz CT molecular complexity index is 449. The zero-order valence-corrected chi connectivity index (χ0v) is 8.16. The fraction of sp³-hybridized carbons (Fsp3) is 0.417. The molecule has 3 heteroatoms. The molecule has 0 aromatic heterocycles. The second-order valence-electron chi connectivity index (χ2n) is 4.61. The van der Waals surface area contributed by atoms with E-state index in [9.17, 15) is 9.18 Å². The predicted octanol–water partition coefficient (Wildman–Crippen LogP) is 2.43. The molecule has 0 saturated heterocycles. The lowest BCUT2D eigenvalue weighted by molar-refractivity contribution is -0.138. The maximum absolute atomic E-state index is 13.1. The number of carbonyl (C=O) groups is 1. The van der Waals surface area contributed by atoms with Gasteiger partial charge in [-0.05, 0) is 47.9 Å². The fourth-order valence-electron chi connectivity index (χ4n) is 2.76. The molecular weight excluding hydrogens is 195 g/mol. The first kappa shape index (κ1) is 8.89. The highest BCUT2D eigenvalue weighted by Gasteiger charge is 2.53. The average molecular weight is 206 g/mol. The topological polar surface area (TPSA) is 37.3 Å². The molecule has 0 heterocycles. The lowest BCUT2D eigenvalue weighted by Crippen LogP contribution is -2.09. The number of hydrogen-bond donors (Lipinski definition) is 1. The van der Waals surface area contributed by atoms with E-state index in [1.54, 1.807) is 6.07 Å². The quantitative estimate of drug-likeness (QED) is 0.766. The van der Waals surface area contributed by atoms with Crippen LogP contribution in [0.4, 0.5) is 4.39 Å². The van der Waals surface area contributed by atoms with Crippen LogP contribution in [-0.4, -0.2) is 11.1 Å². The third kappa shape index (κ3) is 1.12. The molecule has 78 valence electrons. The Hall–Kier alpha value is -1.38. The van der Waals surface area contributed by atoms with Gasteiger partial charge >= 0.3 is 5.97 Å². The summed E-state index contributed by atoms with van der Waals surface area (Å²) in [6.45, 7) is 0. The molecule has 2 nitrogen and oxygen atoms in total. The van der Waals surface area contributed by atoms with E-state index in [2.05, 4.69) is 0 Å². The molecule has 1 fully saturated rings. The third-order valence-corrected chi connectivity index (χ3v) is 3.71. The van der Waals surface area contributed by atoms with Crippen molar-refractivity contribution in [3.63, 3.8) is 0 Å². The van der Waals surface area contributed by atoms with E-state index in [0.717, 1.165) is 18.4 Å². The summed E-state index contributed by atoms with van der Waals surface area (Å²) in [6, 6.07) is 4.59. The SMILES string of the molecule is O=C(O)C1CC2(CC2)c2ccc(F)cc21. The summed E-state index contributed by atoms with van der Waals surface area (Å²) in [7, 11) is 0. The smallest absolute Gasteiger partial charge is 0.311 e. The molecule has 1 aromatic carbocycles. The van der Waals surface area contributed by atoms with Crippen LogP contribution < -0.4 is 0 Å². The van der Waals surface area contributed by atoms with Crippen LogP contribution in [0.1, 0.15) is 36.3 Å². The average Bonchev–Trinajstić information content (AvgIpc) is 2.86. The molecule has 1 spiro atoms. The van der Waals surface area contributed by atoms with Gasteiger partial charge in [-0.15, -0.1) is 0 Å². The van der Waals surface area contributed by atoms with Crippen molar-refractivity contribution in [2.75, 3.05) is 0 Å². The minimum Gasteiger partial charge on any atom is -0.481 e. The summed E-state index contributed by atoms with van der Waals surface area (Å²) in [5, 5.41) is 9.09. The Kier molecular flexibility index (Phi) is 1.54. The number of hydrogen-bond acceptors (Lipinski definition) is 1. The predicted molar refractivity (Wildman–Crippen MR) is 52.3 cm³/mol. The molecule has 1 aromatic rings. The highest BCUT2D eigenvalue weighted by Crippen LogP contribution is 2.60. The van der Waals surface area contributed by atoms with E-state index >= 15 is 0 Å². The first-order valence-electron chi connectivity index (χ1n) is 5.15. The number of benzene rings is 1. The molecule has 1 N–H and O–H groups in total. The van der Waals surface area contributed by atoms with Crippen molar-refractivity contribution < 1.29 is 14.3 Å². The van der Waals surface area contributed by atoms with Crippen molar-refractivity contribution in [2.45, 2.75) is 30.6 Å². The summed E-state index contributed by atoms with van der Waals surface area (Å²) in [4.78, 5) is 11.1.